The quantitative estimate of drug-likeness (QED) is 0.662. The van der Waals surface area contributed by atoms with Crippen LogP contribution in [0.25, 0.3) is 0 Å². The van der Waals surface area contributed by atoms with Crippen molar-refractivity contribution in [1.82, 2.24) is 5.32 Å². The second-order valence-corrected chi connectivity index (χ2v) is 3.87. The van der Waals surface area contributed by atoms with Crippen LogP contribution in [0.2, 0.25) is 0 Å². The molecular formula is C11H11BrFNO. The van der Waals surface area contributed by atoms with Gasteiger partial charge in [0, 0.05) is 11.0 Å². The van der Waals surface area contributed by atoms with Gasteiger partial charge in [-0.05, 0) is 24.6 Å². The van der Waals surface area contributed by atoms with Gasteiger partial charge in [-0.1, -0.05) is 22.0 Å². The van der Waals surface area contributed by atoms with Crippen molar-refractivity contribution >= 4 is 21.8 Å². The minimum atomic E-state index is -0.527. The summed E-state index contributed by atoms with van der Waals surface area (Å²) in [5.74, 6) is -0.928. The summed E-state index contributed by atoms with van der Waals surface area (Å²) >= 11 is 3.12. The number of carbonyl (C=O) groups excluding carboxylic acids is 1. The maximum atomic E-state index is 13.3. The molecule has 0 saturated heterocycles. The molecule has 0 aliphatic heterocycles. The van der Waals surface area contributed by atoms with Crippen LogP contribution in [0.15, 0.2) is 35.3 Å². The van der Waals surface area contributed by atoms with Crippen LogP contribution in [0.5, 0.6) is 0 Å². The average molecular weight is 272 g/mol. The van der Waals surface area contributed by atoms with Crippen molar-refractivity contribution < 1.29 is 9.18 Å². The Hall–Kier alpha value is -1.16. The molecule has 80 valence electrons. The summed E-state index contributed by atoms with van der Waals surface area (Å²) in [6, 6.07) is 4.34. The zero-order chi connectivity index (χ0) is 11.3. The van der Waals surface area contributed by atoms with E-state index in [1.807, 2.05) is 0 Å². The first-order chi connectivity index (χ1) is 7.15. The van der Waals surface area contributed by atoms with Gasteiger partial charge in [0.2, 0.25) is 0 Å². The molecule has 1 amide bonds. The largest absolute Gasteiger partial charge is 0.352 e. The van der Waals surface area contributed by atoms with E-state index in [1.165, 1.54) is 12.1 Å². The van der Waals surface area contributed by atoms with Gasteiger partial charge in [-0.15, -0.1) is 6.58 Å². The third-order valence-electron chi connectivity index (χ3n) is 1.81. The Morgan fingerprint density at radius 3 is 2.93 bits per heavy atom. The van der Waals surface area contributed by atoms with Crippen molar-refractivity contribution in [2.24, 2.45) is 0 Å². The number of carbonyl (C=O) groups is 1. The number of hydrogen-bond donors (Lipinski definition) is 1. The van der Waals surface area contributed by atoms with Crippen molar-refractivity contribution in [3.8, 4) is 0 Å². The van der Waals surface area contributed by atoms with Gasteiger partial charge >= 0.3 is 0 Å². The van der Waals surface area contributed by atoms with Crippen molar-refractivity contribution in [2.45, 2.75) is 6.42 Å². The smallest absolute Gasteiger partial charge is 0.254 e. The van der Waals surface area contributed by atoms with E-state index >= 15 is 0 Å². The molecule has 1 aromatic rings. The van der Waals surface area contributed by atoms with Crippen LogP contribution in [0, 0.1) is 5.82 Å². The molecule has 0 aliphatic rings. The Morgan fingerprint density at radius 2 is 2.33 bits per heavy atom. The molecule has 0 radical (unpaired) electrons. The van der Waals surface area contributed by atoms with Crippen molar-refractivity contribution in [2.75, 3.05) is 6.54 Å². The molecule has 15 heavy (non-hydrogen) atoms. The third-order valence-corrected chi connectivity index (χ3v) is 2.30. The zero-order valence-corrected chi connectivity index (χ0v) is 9.68. The third kappa shape index (κ3) is 3.47. The molecule has 0 heterocycles. The molecule has 2 nitrogen and oxygen atoms in total. The highest BCUT2D eigenvalue weighted by molar-refractivity contribution is 9.10. The van der Waals surface area contributed by atoms with E-state index in [0.29, 0.717) is 17.4 Å². The Balaban J connectivity index is 2.69. The fourth-order valence-corrected chi connectivity index (χ4v) is 1.39. The summed E-state index contributed by atoms with van der Waals surface area (Å²) in [6.07, 6.45) is 2.36. The molecule has 0 aliphatic carbocycles. The second kappa shape index (κ2) is 5.66. The van der Waals surface area contributed by atoms with Gasteiger partial charge in [-0.2, -0.15) is 0 Å². The molecule has 1 aromatic carbocycles. The summed E-state index contributed by atoms with van der Waals surface area (Å²) in [4.78, 5) is 11.5. The molecule has 0 bridgehead atoms. The lowest BCUT2D eigenvalue weighted by Gasteiger charge is -2.04. The molecule has 0 aromatic heterocycles. The van der Waals surface area contributed by atoms with E-state index in [0.717, 1.165) is 0 Å². The monoisotopic (exact) mass is 271 g/mol. The summed E-state index contributed by atoms with van der Waals surface area (Å²) in [5, 5.41) is 2.59. The van der Waals surface area contributed by atoms with Crippen molar-refractivity contribution in [3.63, 3.8) is 0 Å². The maximum Gasteiger partial charge on any atom is 0.254 e. The number of benzene rings is 1. The van der Waals surface area contributed by atoms with Gasteiger partial charge in [-0.3, -0.25) is 4.79 Å². The molecular weight excluding hydrogens is 261 g/mol. The fourth-order valence-electron chi connectivity index (χ4n) is 1.06. The number of hydrogen-bond acceptors (Lipinski definition) is 1. The van der Waals surface area contributed by atoms with Crippen LogP contribution < -0.4 is 5.32 Å². The van der Waals surface area contributed by atoms with Gasteiger partial charge in [0.1, 0.15) is 5.82 Å². The Bertz CT molecular complexity index is 379. The van der Waals surface area contributed by atoms with Gasteiger partial charge in [0.25, 0.3) is 5.91 Å². The lowest BCUT2D eigenvalue weighted by Crippen LogP contribution is -2.25. The molecule has 0 spiro atoms. The molecule has 1 rings (SSSR count). The van der Waals surface area contributed by atoms with Gasteiger partial charge in [0.15, 0.2) is 0 Å². The Labute approximate surface area is 96.3 Å². The van der Waals surface area contributed by atoms with Crippen LogP contribution in [0.1, 0.15) is 16.8 Å². The van der Waals surface area contributed by atoms with E-state index in [2.05, 4.69) is 27.8 Å². The zero-order valence-electron chi connectivity index (χ0n) is 8.09. The highest BCUT2D eigenvalue weighted by Crippen LogP contribution is 2.14. The number of halogens is 2. The molecule has 4 heteroatoms. The first kappa shape index (κ1) is 11.9. The van der Waals surface area contributed by atoms with Crippen LogP contribution in [0.3, 0.4) is 0 Å². The number of amides is 1. The Kier molecular flexibility index (Phi) is 4.49. The normalized spacial score (nSPS) is 9.73. The standard InChI is InChI=1S/C11H11BrFNO/c1-2-3-6-14-11(15)9-5-4-8(12)7-10(9)13/h2,4-5,7H,1,3,6H2,(H,14,15). The SMILES string of the molecule is C=CCCNC(=O)c1ccc(Br)cc1F. The van der Waals surface area contributed by atoms with Crippen LogP contribution in [-0.2, 0) is 0 Å². The van der Waals surface area contributed by atoms with Crippen molar-refractivity contribution in [3.05, 3.63) is 46.7 Å². The predicted molar refractivity (Wildman–Crippen MR) is 61.2 cm³/mol. The fraction of sp³-hybridized carbons (Fsp3) is 0.182. The summed E-state index contributed by atoms with van der Waals surface area (Å²) in [5.41, 5.74) is 0.0577. The van der Waals surface area contributed by atoms with E-state index < -0.39 is 11.7 Å². The van der Waals surface area contributed by atoms with E-state index in [4.69, 9.17) is 0 Å². The van der Waals surface area contributed by atoms with Gasteiger partial charge in [-0.25, -0.2) is 4.39 Å². The average Bonchev–Trinajstić information content (AvgIpc) is 2.17. The summed E-state index contributed by atoms with van der Waals surface area (Å²) < 4.78 is 13.9. The molecule has 1 N–H and O–H groups in total. The molecule has 0 unspecified atom stereocenters. The van der Waals surface area contributed by atoms with Crippen LogP contribution in [0.4, 0.5) is 4.39 Å². The highest BCUT2D eigenvalue weighted by atomic mass is 79.9. The van der Waals surface area contributed by atoms with Crippen LogP contribution in [-0.4, -0.2) is 12.5 Å². The van der Waals surface area contributed by atoms with E-state index in [-0.39, 0.29) is 5.56 Å². The highest BCUT2D eigenvalue weighted by Gasteiger charge is 2.10. The topological polar surface area (TPSA) is 29.1 Å². The second-order valence-electron chi connectivity index (χ2n) is 2.96. The first-order valence-electron chi connectivity index (χ1n) is 4.49. The van der Waals surface area contributed by atoms with E-state index in [9.17, 15) is 9.18 Å². The minimum Gasteiger partial charge on any atom is -0.352 e. The lowest BCUT2D eigenvalue weighted by molar-refractivity contribution is 0.0950. The predicted octanol–water partition coefficient (Wildman–Crippen LogP) is 2.89. The number of nitrogens with one attached hydrogen (secondary N) is 1. The lowest BCUT2D eigenvalue weighted by atomic mass is 10.2. The molecule has 0 atom stereocenters. The minimum absolute atomic E-state index is 0.0577. The van der Waals surface area contributed by atoms with Crippen LogP contribution >= 0.6 is 15.9 Å². The van der Waals surface area contributed by atoms with E-state index in [1.54, 1.807) is 12.1 Å². The van der Waals surface area contributed by atoms with Crippen molar-refractivity contribution in [1.29, 1.82) is 0 Å². The first-order valence-corrected chi connectivity index (χ1v) is 5.28. The number of rotatable bonds is 4. The molecule has 0 fully saturated rings. The maximum absolute atomic E-state index is 13.3. The Morgan fingerprint density at radius 1 is 1.60 bits per heavy atom. The summed E-state index contributed by atoms with van der Waals surface area (Å²) in [7, 11) is 0. The van der Waals surface area contributed by atoms with Gasteiger partial charge in [0.05, 0.1) is 5.56 Å². The molecule has 0 saturated carbocycles. The summed E-state index contributed by atoms with van der Waals surface area (Å²) in [6.45, 7) is 4.00. The van der Waals surface area contributed by atoms with Gasteiger partial charge < -0.3 is 5.32 Å².